The van der Waals surface area contributed by atoms with Gasteiger partial charge in [-0.15, -0.1) is 11.3 Å². The summed E-state index contributed by atoms with van der Waals surface area (Å²) >= 11 is 1.70. The third kappa shape index (κ3) is 3.62. The second kappa shape index (κ2) is 6.88. The Balaban J connectivity index is 1.41. The Morgan fingerprint density at radius 3 is 2.84 bits per heavy atom. The van der Waals surface area contributed by atoms with Crippen LogP contribution in [-0.4, -0.2) is 37.9 Å². The fraction of sp³-hybridized carbons (Fsp3) is 0.611. The number of nitrogens with one attached hydrogen (secondary N) is 1. The van der Waals surface area contributed by atoms with Gasteiger partial charge in [0.25, 0.3) is 0 Å². The minimum absolute atomic E-state index is 0.0996. The van der Waals surface area contributed by atoms with Gasteiger partial charge in [0.15, 0.2) is 0 Å². The molecule has 1 unspecified atom stereocenters. The molecule has 1 amide bonds. The lowest BCUT2D eigenvalue weighted by atomic mass is 9.93. The molecule has 3 heterocycles. The van der Waals surface area contributed by atoms with E-state index in [0.29, 0.717) is 12.5 Å². The smallest absolute Gasteiger partial charge is 0.226 e. The predicted octanol–water partition coefficient (Wildman–Crippen LogP) is 2.44. The van der Waals surface area contributed by atoms with Crippen molar-refractivity contribution in [1.82, 2.24) is 24.8 Å². The lowest BCUT2D eigenvalue weighted by Gasteiger charge is -2.33. The number of rotatable bonds is 5. The molecule has 0 radical (unpaired) electrons. The number of imidazole rings is 1. The van der Waals surface area contributed by atoms with Gasteiger partial charge >= 0.3 is 0 Å². The van der Waals surface area contributed by atoms with Crippen LogP contribution in [0.2, 0.25) is 0 Å². The molecule has 2 aromatic heterocycles. The van der Waals surface area contributed by atoms with Gasteiger partial charge in [-0.2, -0.15) is 0 Å². The highest BCUT2D eigenvalue weighted by Gasteiger charge is 2.27. The van der Waals surface area contributed by atoms with Gasteiger partial charge < -0.3 is 9.88 Å². The minimum Gasteiger partial charge on any atom is -0.353 e. The number of hydrogen-bond acceptors (Lipinski definition) is 5. The van der Waals surface area contributed by atoms with Crippen LogP contribution in [-0.2, 0) is 24.3 Å². The van der Waals surface area contributed by atoms with Crippen molar-refractivity contribution in [2.75, 3.05) is 6.54 Å². The number of hydrogen-bond donors (Lipinski definition) is 1. The van der Waals surface area contributed by atoms with E-state index in [-0.39, 0.29) is 11.9 Å². The Bertz CT molecular complexity index is 763. The van der Waals surface area contributed by atoms with E-state index in [2.05, 4.69) is 38.3 Å². The number of carbonyl (C=O) groups excluding carboxylic acids is 1. The summed E-state index contributed by atoms with van der Waals surface area (Å²) < 4.78 is 2.21. The molecule has 1 aliphatic carbocycles. The van der Waals surface area contributed by atoms with Gasteiger partial charge in [-0.3, -0.25) is 9.69 Å². The Labute approximate surface area is 152 Å². The first-order valence-corrected chi connectivity index (χ1v) is 9.97. The highest BCUT2D eigenvalue weighted by molar-refractivity contribution is 7.09. The summed E-state index contributed by atoms with van der Waals surface area (Å²) in [5.74, 6) is 1.16. The van der Waals surface area contributed by atoms with E-state index in [0.717, 1.165) is 54.7 Å². The minimum atomic E-state index is 0.0996. The van der Waals surface area contributed by atoms with Gasteiger partial charge in [-0.1, -0.05) is 0 Å². The lowest BCUT2D eigenvalue weighted by molar-refractivity contribution is -0.121. The summed E-state index contributed by atoms with van der Waals surface area (Å²) in [6, 6.07) is 0.625. The quantitative estimate of drug-likeness (QED) is 0.891. The van der Waals surface area contributed by atoms with Crippen molar-refractivity contribution in [2.45, 2.75) is 64.7 Å². The van der Waals surface area contributed by atoms with Crippen molar-refractivity contribution in [3.63, 3.8) is 0 Å². The number of amides is 1. The number of nitrogens with zero attached hydrogens (tertiary/aromatic N) is 4. The average Bonchev–Trinajstić information content (AvgIpc) is 3.12. The maximum Gasteiger partial charge on any atom is 0.226 e. The van der Waals surface area contributed by atoms with E-state index in [4.69, 9.17) is 4.98 Å². The van der Waals surface area contributed by atoms with Crippen molar-refractivity contribution in [3.8, 4) is 0 Å². The Morgan fingerprint density at radius 1 is 1.32 bits per heavy atom. The number of aryl methyl sites for hydroxylation is 1. The van der Waals surface area contributed by atoms with Crippen LogP contribution in [0.3, 0.4) is 0 Å². The average molecular weight is 359 g/mol. The largest absolute Gasteiger partial charge is 0.353 e. The molecule has 6 nitrogen and oxygen atoms in total. The molecule has 2 aromatic rings. The molecule has 134 valence electrons. The van der Waals surface area contributed by atoms with Crippen molar-refractivity contribution in [3.05, 3.63) is 33.8 Å². The maximum atomic E-state index is 12.1. The molecule has 7 heteroatoms. The number of fused-ring (bicyclic) bond motifs is 1. The molecule has 25 heavy (non-hydrogen) atoms. The standard InChI is InChI=1S/C18H25N5OS/c1-12-18-21-15(8-17(24)20-14-4-3-5-14)9-23(18)7-6-22(12)10-16-11-25-13(2)19-16/h9,11-12,14H,3-8,10H2,1-2H3,(H,20,24). The van der Waals surface area contributed by atoms with E-state index in [1.807, 2.05) is 6.92 Å². The fourth-order valence-corrected chi connectivity index (χ4v) is 4.18. The molecular formula is C18H25N5OS. The SMILES string of the molecule is Cc1nc(CN2CCn3cc(CC(=O)NC4CCC4)nc3C2C)cs1. The molecule has 0 spiro atoms. The van der Waals surface area contributed by atoms with E-state index in [1.165, 1.54) is 6.42 Å². The molecule has 2 aliphatic rings. The van der Waals surface area contributed by atoms with E-state index in [9.17, 15) is 4.79 Å². The zero-order valence-corrected chi connectivity index (χ0v) is 15.7. The first-order valence-electron chi connectivity index (χ1n) is 9.09. The Morgan fingerprint density at radius 2 is 2.16 bits per heavy atom. The van der Waals surface area contributed by atoms with Crippen LogP contribution in [0.15, 0.2) is 11.6 Å². The third-order valence-corrected chi connectivity index (χ3v) is 6.07. The van der Waals surface area contributed by atoms with Crippen molar-refractivity contribution in [1.29, 1.82) is 0 Å². The van der Waals surface area contributed by atoms with Crippen LogP contribution >= 0.6 is 11.3 Å². The summed E-state index contributed by atoms with van der Waals surface area (Å²) in [5.41, 5.74) is 2.01. The van der Waals surface area contributed by atoms with E-state index in [1.54, 1.807) is 11.3 Å². The van der Waals surface area contributed by atoms with Gasteiger partial charge in [-0.05, 0) is 33.1 Å². The number of carbonyl (C=O) groups is 1. The fourth-order valence-electron chi connectivity index (χ4n) is 3.58. The van der Waals surface area contributed by atoms with Crippen molar-refractivity contribution < 1.29 is 4.79 Å². The number of aromatic nitrogens is 3. The molecule has 1 atom stereocenters. The van der Waals surface area contributed by atoms with E-state index >= 15 is 0 Å². The van der Waals surface area contributed by atoms with Gasteiger partial charge in [0.1, 0.15) is 5.82 Å². The first kappa shape index (κ1) is 16.7. The highest BCUT2D eigenvalue weighted by Crippen LogP contribution is 2.27. The van der Waals surface area contributed by atoms with Crippen LogP contribution < -0.4 is 5.32 Å². The van der Waals surface area contributed by atoms with Crippen LogP contribution in [0.4, 0.5) is 0 Å². The van der Waals surface area contributed by atoms with E-state index < -0.39 is 0 Å². The van der Waals surface area contributed by atoms with Gasteiger partial charge in [-0.25, -0.2) is 9.97 Å². The monoisotopic (exact) mass is 359 g/mol. The summed E-state index contributed by atoms with van der Waals surface area (Å²) in [6.07, 6.45) is 5.90. The van der Waals surface area contributed by atoms with Gasteiger partial charge in [0.2, 0.25) is 5.91 Å². The van der Waals surface area contributed by atoms with Crippen LogP contribution in [0.5, 0.6) is 0 Å². The summed E-state index contributed by atoms with van der Waals surface area (Å²) in [7, 11) is 0. The predicted molar refractivity (Wildman–Crippen MR) is 97.4 cm³/mol. The highest BCUT2D eigenvalue weighted by atomic mass is 32.1. The maximum absolute atomic E-state index is 12.1. The summed E-state index contributed by atoms with van der Waals surface area (Å²) in [6.45, 7) is 6.99. The summed E-state index contributed by atoms with van der Waals surface area (Å²) in [4.78, 5) is 23.9. The van der Waals surface area contributed by atoms with Crippen LogP contribution in [0, 0.1) is 6.92 Å². The molecule has 1 fully saturated rings. The summed E-state index contributed by atoms with van der Waals surface area (Å²) in [5, 5.41) is 6.34. The van der Waals surface area contributed by atoms with Crippen molar-refractivity contribution >= 4 is 17.2 Å². The molecular weight excluding hydrogens is 334 g/mol. The first-order chi connectivity index (χ1) is 12.1. The zero-order valence-electron chi connectivity index (χ0n) is 14.9. The second-order valence-electron chi connectivity index (χ2n) is 7.16. The molecule has 0 aromatic carbocycles. The van der Waals surface area contributed by atoms with Crippen LogP contribution in [0.25, 0.3) is 0 Å². The Kier molecular flexibility index (Phi) is 4.60. The molecule has 0 bridgehead atoms. The topological polar surface area (TPSA) is 63.1 Å². The van der Waals surface area contributed by atoms with Crippen molar-refractivity contribution in [2.24, 2.45) is 0 Å². The zero-order chi connectivity index (χ0) is 17.4. The van der Waals surface area contributed by atoms with Gasteiger partial charge in [0, 0.05) is 37.3 Å². The van der Waals surface area contributed by atoms with Crippen LogP contribution in [0.1, 0.15) is 54.4 Å². The lowest BCUT2D eigenvalue weighted by Crippen LogP contribution is -2.40. The molecule has 1 saturated carbocycles. The molecule has 1 aliphatic heterocycles. The normalized spacial score (nSPS) is 21.0. The molecule has 4 rings (SSSR count). The molecule has 0 saturated heterocycles. The number of thiazole rings is 1. The third-order valence-electron chi connectivity index (χ3n) is 5.25. The second-order valence-corrected chi connectivity index (χ2v) is 8.22. The molecule has 1 N–H and O–H groups in total. The Hall–Kier alpha value is -1.73. The van der Waals surface area contributed by atoms with Gasteiger partial charge in [0.05, 0.1) is 28.9 Å².